The molecule has 1 fully saturated rings. The summed E-state index contributed by atoms with van der Waals surface area (Å²) in [6.07, 6.45) is 2.45. The molecular formula is C24H31N3O4S. The number of amides is 2. The zero-order chi connectivity index (χ0) is 23.1. The molecule has 1 saturated carbocycles. The van der Waals surface area contributed by atoms with Crippen LogP contribution in [-0.4, -0.2) is 43.8 Å². The molecule has 2 aromatic rings. The van der Waals surface area contributed by atoms with Crippen LogP contribution in [0.4, 0.5) is 0 Å². The zero-order valence-electron chi connectivity index (χ0n) is 18.6. The number of nitrogens with zero attached hydrogens (tertiary/aromatic N) is 1. The molecule has 2 amide bonds. The predicted octanol–water partition coefficient (Wildman–Crippen LogP) is 2.61. The summed E-state index contributed by atoms with van der Waals surface area (Å²) in [7, 11) is -3.49. The molecule has 1 aliphatic rings. The van der Waals surface area contributed by atoms with Crippen molar-refractivity contribution in [3.63, 3.8) is 0 Å². The van der Waals surface area contributed by atoms with Gasteiger partial charge in [0.25, 0.3) is 0 Å². The van der Waals surface area contributed by atoms with E-state index in [1.54, 1.807) is 36.1 Å². The van der Waals surface area contributed by atoms with Crippen LogP contribution in [0.1, 0.15) is 44.2 Å². The van der Waals surface area contributed by atoms with Crippen molar-refractivity contribution in [3.05, 3.63) is 65.7 Å². The Balaban J connectivity index is 1.65. The molecule has 0 heterocycles. The number of sulfonamides is 1. The highest BCUT2D eigenvalue weighted by atomic mass is 32.2. The third-order valence-electron chi connectivity index (χ3n) is 5.47. The largest absolute Gasteiger partial charge is 0.355 e. The summed E-state index contributed by atoms with van der Waals surface area (Å²) in [6.45, 7) is 4.43. The van der Waals surface area contributed by atoms with E-state index in [0.717, 1.165) is 24.0 Å². The number of hydrogen-bond acceptors (Lipinski definition) is 4. The van der Waals surface area contributed by atoms with Crippen molar-refractivity contribution in [3.8, 4) is 0 Å². The van der Waals surface area contributed by atoms with Gasteiger partial charge in [-0.3, -0.25) is 9.59 Å². The van der Waals surface area contributed by atoms with Gasteiger partial charge in [-0.15, -0.1) is 0 Å². The van der Waals surface area contributed by atoms with Crippen LogP contribution in [-0.2, 0) is 32.6 Å². The minimum absolute atomic E-state index is 0.0554. The van der Waals surface area contributed by atoms with Crippen LogP contribution < -0.4 is 10.0 Å². The highest BCUT2D eigenvalue weighted by molar-refractivity contribution is 7.89. The molecule has 0 aliphatic heterocycles. The summed E-state index contributed by atoms with van der Waals surface area (Å²) in [4.78, 5) is 27.3. The molecule has 8 heteroatoms. The van der Waals surface area contributed by atoms with E-state index in [-0.39, 0.29) is 29.2 Å². The molecule has 0 radical (unpaired) electrons. The third kappa shape index (κ3) is 6.64. The Morgan fingerprint density at radius 2 is 1.69 bits per heavy atom. The fourth-order valence-corrected chi connectivity index (χ4v) is 4.71. The molecule has 0 bridgehead atoms. The van der Waals surface area contributed by atoms with Crippen molar-refractivity contribution in [2.24, 2.45) is 0 Å². The van der Waals surface area contributed by atoms with Crippen molar-refractivity contribution in [2.75, 3.05) is 6.54 Å². The van der Waals surface area contributed by atoms with Crippen molar-refractivity contribution in [2.45, 2.75) is 63.1 Å². The number of nitrogens with one attached hydrogen (secondary N) is 2. The maximum atomic E-state index is 13.1. The van der Waals surface area contributed by atoms with Gasteiger partial charge in [0, 0.05) is 25.6 Å². The molecular weight excluding hydrogens is 426 g/mol. The third-order valence-corrected chi connectivity index (χ3v) is 7.01. The summed E-state index contributed by atoms with van der Waals surface area (Å²) < 4.78 is 27.3. The van der Waals surface area contributed by atoms with E-state index in [4.69, 9.17) is 0 Å². The molecule has 172 valence electrons. The van der Waals surface area contributed by atoms with Crippen LogP contribution in [0.3, 0.4) is 0 Å². The lowest BCUT2D eigenvalue weighted by Crippen LogP contribution is -2.47. The average Bonchev–Trinajstić information content (AvgIpc) is 3.60. The summed E-state index contributed by atoms with van der Waals surface area (Å²) >= 11 is 0. The molecule has 1 atom stereocenters. The number of hydrogen-bond donors (Lipinski definition) is 2. The zero-order valence-corrected chi connectivity index (χ0v) is 19.4. The average molecular weight is 458 g/mol. The van der Waals surface area contributed by atoms with Crippen LogP contribution in [0.25, 0.3) is 0 Å². The smallest absolute Gasteiger partial charge is 0.242 e. The van der Waals surface area contributed by atoms with Crippen LogP contribution in [0.15, 0.2) is 59.5 Å². The SMILES string of the molecule is CCNC(=O)[C@@H](C)N(Cc1ccccc1)C(=O)CCc1ccc(S(=O)(=O)NC2CC2)cc1. The van der Waals surface area contributed by atoms with Crippen molar-refractivity contribution >= 4 is 21.8 Å². The fraction of sp³-hybridized carbons (Fsp3) is 0.417. The van der Waals surface area contributed by atoms with Crippen molar-refractivity contribution < 1.29 is 18.0 Å². The number of carbonyl (C=O) groups is 2. The second-order valence-electron chi connectivity index (χ2n) is 8.12. The van der Waals surface area contributed by atoms with Crippen molar-refractivity contribution in [1.29, 1.82) is 0 Å². The number of benzene rings is 2. The minimum atomic E-state index is -3.49. The van der Waals surface area contributed by atoms with Gasteiger partial charge in [-0.25, -0.2) is 13.1 Å². The first kappa shape index (κ1) is 23.9. The van der Waals surface area contributed by atoms with Gasteiger partial charge in [-0.2, -0.15) is 0 Å². The van der Waals surface area contributed by atoms with Crippen LogP contribution in [0, 0.1) is 0 Å². The van der Waals surface area contributed by atoms with Gasteiger partial charge in [0.05, 0.1) is 4.90 Å². The Labute approximate surface area is 190 Å². The minimum Gasteiger partial charge on any atom is -0.355 e. The van der Waals surface area contributed by atoms with E-state index in [1.165, 1.54) is 0 Å². The molecule has 1 aliphatic carbocycles. The van der Waals surface area contributed by atoms with Gasteiger partial charge in [-0.05, 0) is 56.4 Å². The molecule has 7 nitrogen and oxygen atoms in total. The van der Waals surface area contributed by atoms with E-state index < -0.39 is 16.1 Å². The highest BCUT2D eigenvalue weighted by Crippen LogP contribution is 2.22. The molecule has 3 rings (SSSR count). The van der Waals surface area contributed by atoms with Gasteiger partial charge < -0.3 is 10.2 Å². The first-order valence-corrected chi connectivity index (χ1v) is 12.5. The van der Waals surface area contributed by atoms with Crippen LogP contribution in [0.2, 0.25) is 0 Å². The van der Waals surface area contributed by atoms with E-state index in [1.807, 2.05) is 37.3 Å². The van der Waals surface area contributed by atoms with E-state index in [0.29, 0.717) is 19.5 Å². The standard InChI is InChI=1S/C24H31N3O4S/c1-3-25-24(29)18(2)27(17-20-7-5-4-6-8-20)23(28)16-11-19-9-14-22(15-10-19)32(30,31)26-21-12-13-21/h4-10,14-15,18,21,26H,3,11-13,16-17H2,1-2H3,(H,25,29)/t18-/m1/s1. The molecule has 0 spiro atoms. The Bertz CT molecular complexity index is 1020. The van der Waals surface area contributed by atoms with Gasteiger partial charge in [0.1, 0.15) is 6.04 Å². The maximum Gasteiger partial charge on any atom is 0.242 e. The Hall–Kier alpha value is -2.71. The topological polar surface area (TPSA) is 95.6 Å². The van der Waals surface area contributed by atoms with E-state index >= 15 is 0 Å². The van der Waals surface area contributed by atoms with Crippen LogP contribution >= 0.6 is 0 Å². The lowest BCUT2D eigenvalue weighted by molar-refractivity contribution is -0.140. The quantitative estimate of drug-likeness (QED) is 0.542. The lowest BCUT2D eigenvalue weighted by atomic mass is 10.1. The molecule has 0 aromatic heterocycles. The number of carbonyl (C=O) groups excluding carboxylic acids is 2. The maximum absolute atomic E-state index is 13.1. The van der Waals surface area contributed by atoms with Gasteiger partial charge in [-0.1, -0.05) is 42.5 Å². The predicted molar refractivity (Wildman–Crippen MR) is 123 cm³/mol. The normalized spacial score (nSPS) is 14.6. The summed E-state index contributed by atoms with van der Waals surface area (Å²) in [5.74, 6) is -0.311. The first-order chi connectivity index (χ1) is 15.3. The molecule has 2 aromatic carbocycles. The molecule has 2 N–H and O–H groups in total. The Morgan fingerprint density at radius 3 is 2.28 bits per heavy atom. The second-order valence-corrected chi connectivity index (χ2v) is 9.83. The molecule has 0 unspecified atom stereocenters. The summed E-state index contributed by atoms with van der Waals surface area (Å²) in [6, 6.07) is 15.7. The first-order valence-electron chi connectivity index (χ1n) is 11.0. The monoisotopic (exact) mass is 457 g/mol. The van der Waals surface area contributed by atoms with Crippen LogP contribution in [0.5, 0.6) is 0 Å². The lowest BCUT2D eigenvalue weighted by Gasteiger charge is -2.28. The van der Waals surface area contributed by atoms with Gasteiger partial charge >= 0.3 is 0 Å². The number of likely N-dealkylation sites (N-methyl/N-ethyl adjacent to an activating group) is 1. The Kier molecular flexibility index (Phi) is 8.04. The highest BCUT2D eigenvalue weighted by Gasteiger charge is 2.28. The molecule has 0 saturated heterocycles. The fourth-order valence-electron chi connectivity index (χ4n) is 3.40. The summed E-state index contributed by atoms with van der Waals surface area (Å²) in [5.41, 5.74) is 1.82. The number of rotatable bonds is 11. The van der Waals surface area contributed by atoms with E-state index in [9.17, 15) is 18.0 Å². The molecule has 32 heavy (non-hydrogen) atoms. The Morgan fingerprint density at radius 1 is 1.03 bits per heavy atom. The van der Waals surface area contributed by atoms with Gasteiger partial charge in [0.15, 0.2) is 0 Å². The van der Waals surface area contributed by atoms with Gasteiger partial charge in [0.2, 0.25) is 21.8 Å². The second kappa shape index (κ2) is 10.7. The summed E-state index contributed by atoms with van der Waals surface area (Å²) in [5, 5.41) is 2.78. The van der Waals surface area contributed by atoms with E-state index in [2.05, 4.69) is 10.0 Å². The number of aryl methyl sites for hydroxylation is 1. The van der Waals surface area contributed by atoms with Crippen molar-refractivity contribution in [1.82, 2.24) is 14.9 Å².